The summed E-state index contributed by atoms with van der Waals surface area (Å²) < 4.78 is 0. The Bertz CT molecular complexity index is 509. The fourth-order valence-corrected chi connectivity index (χ4v) is 2.28. The first-order valence-electron chi connectivity index (χ1n) is 5.93. The molecule has 0 aliphatic rings. The minimum Gasteiger partial charge on any atom is -0.358 e. The molecule has 2 N–H and O–H groups in total. The highest BCUT2D eigenvalue weighted by Gasteiger charge is 2.11. The van der Waals surface area contributed by atoms with Crippen LogP contribution in [0, 0.1) is 20.8 Å². The quantitative estimate of drug-likeness (QED) is 0.810. The highest BCUT2D eigenvalue weighted by Crippen LogP contribution is 2.27. The van der Waals surface area contributed by atoms with E-state index in [4.69, 9.17) is 0 Å². The standard InChI is InChI=1S/C14H20N2/c1-5-15-8-12-11(4)16-14-10(3)7-6-9(2)13(12)14/h6-7,15-16H,5,8H2,1-4H3. The van der Waals surface area contributed by atoms with Gasteiger partial charge in [-0.05, 0) is 44.0 Å². The van der Waals surface area contributed by atoms with Gasteiger partial charge in [-0.3, -0.25) is 0 Å². The van der Waals surface area contributed by atoms with Crippen LogP contribution in [0.25, 0.3) is 10.9 Å². The van der Waals surface area contributed by atoms with Gasteiger partial charge in [0.05, 0.1) is 0 Å². The molecule has 0 spiro atoms. The summed E-state index contributed by atoms with van der Waals surface area (Å²) >= 11 is 0. The summed E-state index contributed by atoms with van der Waals surface area (Å²) in [7, 11) is 0. The highest BCUT2D eigenvalue weighted by atomic mass is 14.9. The maximum atomic E-state index is 3.51. The molecule has 0 aliphatic carbocycles. The molecule has 0 amide bonds. The van der Waals surface area contributed by atoms with Crippen LogP contribution in [0.3, 0.4) is 0 Å². The first-order chi connectivity index (χ1) is 7.65. The molecule has 1 aromatic heterocycles. The average Bonchev–Trinajstić information content (AvgIpc) is 2.59. The number of benzene rings is 1. The van der Waals surface area contributed by atoms with Crippen molar-refractivity contribution in [3.05, 3.63) is 34.5 Å². The smallest absolute Gasteiger partial charge is 0.0491 e. The minimum absolute atomic E-state index is 0.951. The van der Waals surface area contributed by atoms with Crippen molar-refractivity contribution < 1.29 is 0 Å². The summed E-state index contributed by atoms with van der Waals surface area (Å²) in [5, 5.41) is 4.81. The van der Waals surface area contributed by atoms with E-state index >= 15 is 0 Å². The average molecular weight is 216 g/mol. The molecule has 0 saturated carbocycles. The number of hydrogen-bond donors (Lipinski definition) is 2. The van der Waals surface area contributed by atoms with Crippen LogP contribution in [0.2, 0.25) is 0 Å². The van der Waals surface area contributed by atoms with E-state index < -0.39 is 0 Å². The number of aryl methyl sites for hydroxylation is 3. The number of H-pyrrole nitrogens is 1. The van der Waals surface area contributed by atoms with E-state index in [-0.39, 0.29) is 0 Å². The molecule has 0 aliphatic heterocycles. The third kappa shape index (κ3) is 1.74. The predicted octanol–water partition coefficient (Wildman–Crippen LogP) is 3.20. The molecule has 2 heteroatoms. The van der Waals surface area contributed by atoms with Gasteiger partial charge >= 0.3 is 0 Å². The number of fused-ring (bicyclic) bond motifs is 1. The van der Waals surface area contributed by atoms with Crippen LogP contribution in [0.15, 0.2) is 12.1 Å². The Hall–Kier alpha value is -1.28. The van der Waals surface area contributed by atoms with Crippen LogP contribution >= 0.6 is 0 Å². The van der Waals surface area contributed by atoms with E-state index in [0.717, 1.165) is 13.1 Å². The fourth-order valence-electron chi connectivity index (χ4n) is 2.28. The van der Waals surface area contributed by atoms with Crippen LogP contribution in [0.1, 0.15) is 29.3 Å². The molecule has 2 rings (SSSR count). The maximum absolute atomic E-state index is 3.51. The van der Waals surface area contributed by atoms with Crippen LogP contribution < -0.4 is 5.32 Å². The van der Waals surface area contributed by atoms with Gasteiger partial charge in [-0.1, -0.05) is 19.1 Å². The monoisotopic (exact) mass is 216 g/mol. The number of nitrogens with one attached hydrogen (secondary N) is 2. The van der Waals surface area contributed by atoms with E-state index in [1.54, 1.807) is 0 Å². The lowest BCUT2D eigenvalue weighted by molar-refractivity contribution is 0.726. The van der Waals surface area contributed by atoms with Gasteiger partial charge in [0, 0.05) is 23.1 Å². The van der Waals surface area contributed by atoms with Crippen LogP contribution in [0.4, 0.5) is 0 Å². The zero-order chi connectivity index (χ0) is 11.7. The van der Waals surface area contributed by atoms with Crippen molar-refractivity contribution in [2.45, 2.75) is 34.2 Å². The van der Waals surface area contributed by atoms with Gasteiger partial charge in [0.1, 0.15) is 0 Å². The summed E-state index contributed by atoms with van der Waals surface area (Å²) in [4.78, 5) is 3.51. The Morgan fingerprint density at radius 3 is 2.50 bits per heavy atom. The maximum Gasteiger partial charge on any atom is 0.0491 e. The summed E-state index contributed by atoms with van der Waals surface area (Å²) in [5.41, 5.74) is 6.68. The molecule has 0 fully saturated rings. The lowest BCUT2D eigenvalue weighted by Gasteiger charge is -2.05. The summed E-state index contributed by atoms with van der Waals surface area (Å²) in [5.74, 6) is 0. The van der Waals surface area contributed by atoms with Crippen molar-refractivity contribution in [2.75, 3.05) is 6.54 Å². The van der Waals surface area contributed by atoms with Crippen LogP contribution in [-0.2, 0) is 6.54 Å². The van der Waals surface area contributed by atoms with E-state index in [1.807, 2.05) is 0 Å². The van der Waals surface area contributed by atoms with Crippen molar-refractivity contribution in [1.29, 1.82) is 0 Å². The van der Waals surface area contributed by atoms with Crippen molar-refractivity contribution in [2.24, 2.45) is 0 Å². The Morgan fingerprint density at radius 2 is 1.81 bits per heavy atom. The van der Waals surface area contributed by atoms with Crippen LogP contribution in [0.5, 0.6) is 0 Å². The van der Waals surface area contributed by atoms with Gasteiger partial charge in [-0.25, -0.2) is 0 Å². The van der Waals surface area contributed by atoms with Crippen molar-refractivity contribution in [1.82, 2.24) is 10.3 Å². The predicted molar refractivity (Wildman–Crippen MR) is 69.9 cm³/mol. The van der Waals surface area contributed by atoms with E-state index in [9.17, 15) is 0 Å². The zero-order valence-corrected chi connectivity index (χ0v) is 10.6. The number of aromatic amines is 1. The lowest BCUT2D eigenvalue weighted by Crippen LogP contribution is -2.12. The molecule has 86 valence electrons. The second-order valence-corrected chi connectivity index (χ2v) is 4.46. The van der Waals surface area contributed by atoms with Crippen LogP contribution in [-0.4, -0.2) is 11.5 Å². The van der Waals surface area contributed by atoms with Gasteiger partial charge in [0.25, 0.3) is 0 Å². The molecule has 2 aromatic rings. The fraction of sp³-hybridized carbons (Fsp3) is 0.429. The van der Waals surface area contributed by atoms with Crippen molar-refractivity contribution in [3.63, 3.8) is 0 Å². The topological polar surface area (TPSA) is 27.8 Å². The molecule has 0 atom stereocenters. The highest BCUT2D eigenvalue weighted by molar-refractivity contribution is 5.90. The molecule has 0 saturated heterocycles. The largest absolute Gasteiger partial charge is 0.358 e. The molecule has 2 nitrogen and oxygen atoms in total. The molecule has 0 bridgehead atoms. The second-order valence-electron chi connectivity index (χ2n) is 4.46. The summed E-state index contributed by atoms with van der Waals surface area (Å²) in [6.07, 6.45) is 0. The van der Waals surface area contributed by atoms with Crippen molar-refractivity contribution >= 4 is 10.9 Å². The minimum atomic E-state index is 0.951. The third-order valence-corrected chi connectivity index (χ3v) is 3.24. The molecular formula is C14H20N2. The normalized spacial score (nSPS) is 11.2. The molecule has 0 unspecified atom stereocenters. The number of rotatable bonds is 3. The second kappa shape index (κ2) is 4.30. The first kappa shape index (κ1) is 11.2. The van der Waals surface area contributed by atoms with Gasteiger partial charge < -0.3 is 10.3 Å². The van der Waals surface area contributed by atoms with E-state index in [0.29, 0.717) is 0 Å². The van der Waals surface area contributed by atoms with Crippen molar-refractivity contribution in [3.8, 4) is 0 Å². The van der Waals surface area contributed by atoms with E-state index in [2.05, 4.69) is 50.1 Å². The van der Waals surface area contributed by atoms with E-state index in [1.165, 1.54) is 33.3 Å². The molecule has 0 radical (unpaired) electrons. The summed E-state index contributed by atoms with van der Waals surface area (Å²) in [6.45, 7) is 10.6. The van der Waals surface area contributed by atoms with Gasteiger partial charge in [-0.15, -0.1) is 0 Å². The molecule has 1 heterocycles. The Labute approximate surface area is 97.1 Å². The number of aromatic nitrogens is 1. The molecule has 1 aromatic carbocycles. The van der Waals surface area contributed by atoms with Gasteiger partial charge in [-0.2, -0.15) is 0 Å². The SMILES string of the molecule is CCNCc1c(C)[nH]c2c(C)ccc(C)c12. The van der Waals surface area contributed by atoms with Gasteiger partial charge in [0.15, 0.2) is 0 Å². The lowest BCUT2D eigenvalue weighted by atomic mass is 10.0. The molecule has 16 heavy (non-hydrogen) atoms. The Balaban J connectivity index is 2.63. The summed E-state index contributed by atoms with van der Waals surface area (Å²) in [6, 6.07) is 4.39. The zero-order valence-electron chi connectivity index (χ0n) is 10.6. The molecular weight excluding hydrogens is 196 g/mol. The third-order valence-electron chi connectivity index (χ3n) is 3.24. The Morgan fingerprint density at radius 1 is 1.12 bits per heavy atom. The Kier molecular flexibility index (Phi) is 3.01. The number of hydrogen-bond acceptors (Lipinski definition) is 1. The van der Waals surface area contributed by atoms with Gasteiger partial charge in [0.2, 0.25) is 0 Å². The first-order valence-corrected chi connectivity index (χ1v) is 5.93.